The van der Waals surface area contributed by atoms with Gasteiger partial charge in [-0.05, 0) is 24.1 Å². The van der Waals surface area contributed by atoms with Crippen molar-refractivity contribution in [1.82, 2.24) is 0 Å². The molecule has 15 heavy (non-hydrogen) atoms. The van der Waals surface area contributed by atoms with Crippen LogP contribution in [0.4, 0.5) is 0 Å². The molecule has 0 radical (unpaired) electrons. The number of hydrogen-bond donors (Lipinski definition) is 2. The lowest BCUT2D eigenvalue weighted by atomic mass is 10.1. The zero-order valence-corrected chi connectivity index (χ0v) is 8.52. The largest absolute Gasteiger partial charge is 0.481 e. The van der Waals surface area contributed by atoms with Crippen LogP contribution in [0.25, 0.3) is 6.08 Å². The Hall–Kier alpha value is -1.61. The standard InChI is InChI=1S/C12H15NO2/c13-8-7-11-4-1-3-10(9-11)5-2-6-12(14)15/h1-5,9H,6-8,13H2,(H,14,15). The first kappa shape index (κ1) is 11.5. The Kier molecular flexibility index (Phi) is 4.57. The number of benzene rings is 1. The quantitative estimate of drug-likeness (QED) is 0.768. The van der Waals surface area contributed by atoms with E-state index in [2.05, 4.69) is 0 Å². The molecular weight excluding hydrogens is 190 g/mol. The van der Waals surface area contributed by atoms with Crippen LogP contribution in [-0.2, 0) is 11.2 Å². The second kappa shape index (κ2) is 5.98. The van der Waals surface area contributed by atoms with Gasteiger partial charge in [0, 0.05) is 0 Å². The Labute approximate surface area is 89.2 Å². The Morgan fingerprint density at radius 3 is 2.93 bits per heavy atom. The van der Waals surface area contributed by atoms with Gasteiger partial charge in [0.1, 0.15) is 0 Å². The van der Waals surface area contributed by atoms with Gasteiger partial charge in [0.05, 0.1) is 6.42 Å². The molecule has 0 amide bonds. The van der Waals surface area contributed by atoms with Crippen molar-refractivity contribution in [3.05, 3.63) is 41.5 Å². The molecule has 3 nitrogen and oxygen atoms in total. The molecule has 0 bridgehead atoms. The molecule has 0 aromatic heterocycles. The molecule has 0 saturated heterocycles. The SMILES string of the molecule is NCCc1cccc(C=CCC(=O)O)c1. The van der Waals surface area contributed by atoms with Gasteiger partial charge in [0.2, 0.25) is 0 Å². The molecule has 0 aliphatic carbocycles. The molecule has 0 fully saturated rings. The molecule has 0 aliphatic rings. The van der Waals surface area contributed by atoms with E-state index in [1.165, 1.54) is 5.56 Å². The highest BCUT2D eigenvalue weighted by Crippen LogP contribution is 2.07. The summed E-state index contributed by atoms with van der Waals surface area (Å²) in [5.74, 6) is -0.815. The summed E-state index contributed by atoms with van der Waals surface area (Å²) in [4.78, 5) is 10.3. The van der Waals surface area contributed by atoms with Crippen molar-refractivity contribution in [3.63, 3.8) is 0 Å². The summed E-state index contributed by atoms with van der Waals surface area (Å²) >= 11 is 0. The predicted octanol–water partition coefficient (Wildman–Crippen LogP) is 1.68. The number of nitrogens with two attached hydrogens (primary N) is 1. The van der Waals surface area contributed by atoms with E-state index in [0.29, 0.717) is 6.54 Å². The maximum atomic E-state index is 10.3. The van der Waals surface area contributed by atoms with Crippen LogP contribution in [-0.4, -0.2) is 17.6 Å². The maximum Gasteiger partial charge on any atom is 0.307 e. The highest BCUT2D eigenvalue weighted by molar-refractivity contribution is 5.70. The molecule has 0 unspecified atom stereocenters. The van der Waals surface area contributed by atoms with Crippen molar-refractivity contribution in [3.8, 4) is 0 Å². The average molecular weight is 205 g/mol. The molecule has 0 saturated carbocycles. The van der Waals surface area contributed by atoms with Gasteiger partial charge < -0.3 is 10.8 Å². The topological polar surface area (TPSA) is 63.3 Å². The summed E-state index contributed by atoms with van der Waals surface area (Å²) in [5.41, 5.74) is 7.65. The number of carbonyl (C=O) groups is 1. The van der Waals surface area contributed by atoms with Gasteiger partial charge >= 0.3 is 5.97 Å². The number of rotatable bonds is 5. The van der Waals surface area contributed by atoms with E-state index in [0.717, 1.165) is 12.0 Å². The van der Waals surface area contributed by atoms with E-state index < -0.39 is 5.97 Å². The van der Waals surface area contributed by atoms with Crippen LogP contribution in [0.15, 0.2) is 30.3 Å². The lowest BCUT2D eigenvalue weighted by molar-refractivity contribution is -0.135. The minimum atomic E-state index is -0.815. The first-order valence-corrected chi connectivity index (χ1v) is 4.89. The molecule has 0 spiro atoms. The number of carboxylic acids is 1. The molecule has 1 aromatic carbocycles. The molecule has 3 N–H and O–H groups in total. The first-order chi connectivity index (χ1) is 7.22. The van der Waals surface area contributed by atoms with Gasteiger partial charge in [-0.25, -0.2) is 0 Å². The third-order valence-electron chi connectivity index (χ3n) is 1.99. The molecule has 80 valence electrons. The van der Waals surface area contributed by atoms with E-state index in [9.17, 15) is 4.79 Å². The summed E-state index contributed by atoms with van der Waals surface area (Å²) in [6.07, 6.45) is 4.36. The lowest BCUT2D eigenvalue weighted by Gasteiger charge is -1.99. The van der Waals surface area contributed by atoms with Crippen LogP contribution in [0.1, 0.15) is 17.5 Å². The third-order valence-corrected chi connectivity index (χ3v) is 1.99. The van der Waals surface area contributed by atoms with Crippen LogP contribution in [0, 0.1) is 0 Å². The fourth-order valence-corrected chi connectivity index (χ4v) is 1.31. The summed E-state index contributed by atoms with van der Waals surface area (Å²) in [6, 6.07) is 7.93. The fourth-order valence-electron chi connectivity index (χ4n) is 1.31. The second-order valence-electron chi connectivity index (χ2n) is 3.28. The average Bonchev–Trinajstić information content (AvgIpc) is 2.18. The van der Waals surface area contributed by atoms with Crippen LogP contribution in [0.3, 0.4) is 0 Å². The minimum absolute atomic E-state index is 0.0567. The Bertz CT molecular complexity index is 358. The van der Waals surface area contributed by atoms with Crippen LogP contribution in [0.5, 0.6) is 0 Å². The third kappa shape index (κ3) is 4.42. The van der Waals surface area contributed by atoms with Crippen molar-refractivity contribution in [2.75, 3.05) is 6.54 Å². The normalized spacial score (nSPS) is 10.7. The van der Waals surface area contributed by atoms with Gasteiger partial charge in [-0.3, -0.25) is 4.79 Å². The van der Waals surface area contributed by atoms with Gasteiger partial charge in [0.25, 0.3) is 0 Å². The minimum Gasteiger partial charge on any atom is -0.481 e. The van der Waals surface area contributed by atoms with Crippen LogP contribution in [0.2, 0.25) is 0 Å². The predicted molar refractivity (Wildman–Crippen MR) is 60.5 cm³/mol. The second-order valence-corrected chi connectivity index (χ2v) is 3.28. The molecule has 0 heterocycles. The van der Waals surface area contributed by atoms with Crippen LogP contribution >= 0.6 is 0 Å². The molecule has 0 aliphatic heterocycles. The number of hydrogen-bond acceptors (Lipinski definition) is 2. The van der Waals surface area contributed by atoms with Gasteiger partial charge in [-0.15, -0.1) is 0 Å². The first-order valence-electron chi connectivity index (χ1n) is 4.89. The summed E-state index contributed by atoms with van der Waals surface area (Å²) in [5, 5.41) is 8.46. The van der Waals surface area contributed by atoms with E-state index >= 15 is 0 Å². The number of carboxylic acid groups (broad SMARTS) is 1. The van der Waals surface area contributed by atoms with E-state index in [1.807, 2.05) is 30.3 Å². The monoisotopic (exact) mass is 205 g/mol. The summed E-state index contributed by atoms with van der Waals surface area (Å²) in [7, 11) is 0. The van der Waals surface area contributed by atoms with Gasteiger partial charge in [-0.1, -0.05) is 36.4 Å². The molecule has 3 heteroatoms. The zero-order chi connectivity index (χ0) is 11.1. The van der Waals surface area contributed by atoms with Crippen molar-refractivity contribution in [2.45, 2.75) is 12.8 Å². The number of aliphatic carboxylic acids is 1. The van der Waals surface area contributed by atoms with E-state index in [4.69, 9.17) is 10.8 Å². The van der Waals surface area contributed by atoms with Crippen molar-refractivity contribution in [1.29, 1.82) is 0 Å². The summed E-state index contributed by atoms with van der Waals surface area (Å²) in [6.45, 7) is 0.627. The zero-order valence-electron chi connectivity index (χ0n) is 8.52. The van der Waals surface area contributed by atoms with Crippen molar-refractivity contribution < 1.29 is 9.90 Å². The Morgan fingerprint density at radius 2 is 2.27 bits per heavy atom. The van der Waals surface area contributed by atoms with E-state index in [-0.39, 0.29) is 6.42 Å². The summed E-state index contributed by atoms with van der Waals surface area (Å²) < 4.78 is 0. The Morgan fingerprint density at radius 1 is 1.47 bits per heavy atom. The lowest BCUT2D eigenvalue weighted by Crippen LogP contribution is -2.02. The molecular formula is C12H15NO2. The Balaban J connectivity index is 2.64. The van der Waals surface area contributed by atoms with Gasteiger partial charge in [0.15, 0.2) is 0 Å². The van der Waals surface area contributed by atoms with Crippen molar-refractivity contribution in [2.24, 2.45) is 5.73 Å². The fraction of sp³-hybridized carbons (Fsp3) is 0.250. The highest BCUT2D eigenvalue weighted by atomic mass is 16.4. The van der Waals surface area contributed by atoms with Crippen molar-refractivity contribution >= 4 is 12.0 Å². The molecule has 1 aromatic rings. The molecule has 1 rings (SSSR count). The van der Waals surface area contributed by atoms with E-state index in [1.54, 1.807) is 6.08 Å². The maximum absolute atomic E-state index is 10.3. The molecule has 0 atom stereocenters. The smallest absolute Gasteiger partial charge is 0.307 e. The van der Waals surface area contributed by atoms with Gasteiger partial charge in [-0.2, -0.15) is 0 Å². The highest BCUT2D eigenvalue weighted by Gasteiger charge is 1.93. The van der Waals surface area contributed by atoms with Crippen LogP contribution < -0.4 is 5.73 Å².